The number of aromatic nitrogens is 2. The molecule has 0 amide bonds. The molecule has 0 bridgehead atoms. The first-order valence-electron chi connectivity index (χ1n) is 20.7. The van der Waals surface area contributed by atoms with E-state index in [1.165, 1.54) is 81.7 Å². The largest absolute Gasteiger partial charge is 0.309 e. The van der Waals surface area contributed by atoms with Crippen molar-refractivity contribution >= 4 is 64.9 Å². The molecule has 2 heterocycles. The zero-order chi connectivity index (χ0) is 39.7. The molecule has 0 saturated carbocycles. The van der Waals surface area contributed by atoms with Gasteiger partial charge in [0.2, 0.25) is 0 Å². The summed E-state index contributed by atoms with van der Waals surface area (Å²) in [5, 5.41) is 12.5. The van der Waals surface area contributed by atoms with E-state index >= 15 is 0 Å². The fourth-order valence-corrected chi connectivity index (χ4v) is 9.38. The maximum Gasteiger partial charge on any atom is 0.0730 e. The lowest BCUT2D eigenvalue weighted by Crippen LogP contribution is -1.98. The number of benzene rings is 10. The molecule has 280 valence electrons. The van der Waals surface area contributed by atoms with Crippen LogP contribution in [0.15, 0.2) is 212 Å². The second kappa shape index (κ2) is 13.7. The summed E-state index contributed by atoms with van der Waals surface area (Å²) in [6, 6.07) is 77.7. The van der Waals surface area contributed by atoms with Crippen LogP contribution in [0.2, 0.25) is 0 Å². The lowest BCUT2D eigenvalue weighted by atomic mass is 9.91. The summed E-state index contributed by atoms with van der Waals surface area (Å²) >= 11 is 0. The minimum Gasteiger partial charge on any atom is -0.309 e. The first-order chi connectivity index (χ1) is 29.6. The topological polar surface area (TPSA) is 17.8 Å². The number of hydrogen-bond acceptors (Lipinski definition) is 1. The number of fused-ring (bicyclic) bond motifs is 10. The Labute approximate surface area is 348 Å². The van der Waals surface area contributed by atoms with E-state index in [1.54, 1.807) is 0 Å². The third kappa shape index (κ3) is 5.61. The summed E-state index contributed by atoms with van der Waals surface area (Å²) in [5.74, 6) is 0. The van der Waals surface area contributed by atoms with Gasteiger partial charge in [-0.25, -0.2) is 4.98 Å². The molecule has 0 aliphatic carbocycles. The molecule has 12 rings (SSSR count). The van der Waals surface area contributed by atoms with Crippen LogP contribution in [0.5, 0.6) is 0 Å². The van der Waals surface area contributed by atoms with Crippen molar-refractivity contribution in [3.8, 4) is 50.5 Å². The molecule has 0 saturated heterocycles. The van der Waals surface area contributed by atoms with E-state index < -0.39 is 0 Å². The van der Waals surface area contributed by atoms with E-state index in [4.69, 9.17) is 4.98 Å². The van der Waals surface area contributed by atoms with Gasteiger partial charge in [0.05, 0.1) is 28.1 Å². The number of hydrogen-bond donors (Lipinski definition) is 0. The minimum absolute atomic E-state index is 0.941. The van der Waals surface area contributed by atoms with Crippen LogP contribution in [0.4, 0.5) is 0 Å². The van der Waals surface area contributed by atoms with Gasteiger partial charge in [0.15, 0.2) is 0 Å². The second-order valence-electron chi connectivity index (χ2n) is 16.0. The van der Waals surface area contributed by atoms with Gasteiger partial charge in [-0.05, 0) is 121 Å². The van der Waals surface area contributed by atoms with Crippen LogP contribution in [0.1, 0.15) is 5.56 Å². The summed E-state index contributed by atoms with van der Waals surface area (Å²) in [6.45, 7) is 2.14. The van der Waals surface area contributed by atoms with Crippen LogP contribution < -0.4 is 0 Å². The molecule has 0 unspecified atom stereocenters. The Hall–Kier alpha value is -7.81. The van der Waals surface area contributed by atoms with Crippen molar-refractivity contribution in [3.63, 3.8) is 0 Å². The van der Waals surface area contributed by atoms with Crippen LogP contribution in [0.25, 0.3) is 115 Å². The van der Waals surface area contributed by atoms with Gasteiger partial charge in [-0.1, -0.05) is 169 Å². The summed E-state index contributed by atoms with van der Waals surface area (Å²) in [7, 11) is 0. The highest BCUT2D eigenvalue weighted by Gasteiger charge is 2.19. The molecular formula is C58H38N2. The predicted octanol–water partition coefficient (Wildman–Crippen LogP) is 15.8. The highest BCUT2D eigenvalue weighted by Crippen LogP contribution is 2.43. The van der Waals surface area contributed by atoms with Crippen LogP contribution in [0.3, 0.4) is 0 Å². The molecule has 60 heavy (non-hydrogen) atoms. The van der Waals surface area contributed by atoms with Gasteiger partial charge in [0.1, 0.15) is 0 Å². The maximum absolute atomic E-state index is 5.27. The van der Waals surface area contributed by atoms with Gasteiger partial charge >= 0.3 is 0 Å². The van der Waals surface area contributed by atoms with Gasteiger partial charge in [0, 0.05) is 21.9 Å². The average Bonchev–Trinajstić information content (AvgIpc) is 3.64. The highest BCUT2D eigenvalue weighted by atomic mass is 15.0. The van der Waals surface area contributed by atoms with Gasteiger partial charge < -0.3 is 4.57 Å². The Balaban J connectivity index is 1.18. The van der Waals surface area contributed by atoms with E-state index in [-0.39, 0.29) is 0 Å². The van der Waals surface area contributed by atoms with Crippen LogP contribution in [-0.2, 0) is 0 Å². The molecule has 0 radical (unpaired) electrons. The van der Waals surface area contributed by atoms with Crippen molar-refractivity contribution in [1.29, 1.82) is 0 Å². The van der Waals surface area contributed by atoms with E-state index in [2.05, 4.69) is 224 Å². The standard InChI is InChI=1S/C58H38N2/c1-37-20-22-39(23-21-37)44-26-28-49-50(31-44)47-18-10-11-19-48(47)52-36-58-54(35-51(49)52)53-32-45(43-25-24-38-12-8-9-17-42(38)30-43)27-29-57(53)60(58)46-33-55(40-13-4-2-5-14-40)59-56(34-46)41-15-6-3-7-16-41/h2-36H,1H3. The highest BCUT2D eigenvalue weighted by molar-refractivity contribution is 6.29. The Bertz CT molecular complexity index is 3580. The molecule has 0 spiro atoms. The fourth-order valence-electron chi connectivity index (χ4n) is 9.38. The Morgan fingerprint density at radius 1 is 0.300 bits per heavy atom. The fraction of sp³-hybridized carbons (Fsp3) is 0.0172. The summed E-state index contributed by atoms with van der Waals surface area (Å²) in [6.07, 6.45) is 0. The third-order valence-electron chi connectivity index (χ3n) is 12.4. The van der Waals surface area contributed by atoms with Crippen LogP contribution >= 0.6 is 0 Å². The van der Waals surface area contributed by atoms with Crippen molar-refractivity contribution in [2.45, 2.75) is 6.92 Å². The normalized spacial score (nSPS) is 11.8. The second-order valence-corrected chi connectivity index (χ2v) is 16.0. The lowest BCUT2D eigenvalue weighted by Gasteiger charge is -2.15. The van der Waals surface area contributed by atoms with Crippen molar-refractivity contribution in [1.82, 2.24) is 9.55 Å². The number of rotatable bonds is 5. The first kappa shape index (κ1) is 34.3. The Kier molecular flexibility index (Phi) is 7.79. The number of pyridine rings is 1. The molecule has 2 nitrogen and oxygen atoms in total. The zero-order valence-electron chi connectivity index (χ0n) is 33.1. The Morgan fingerprint density at radius 3 is 1.52 bits per heavy atom. The summed E-state index contributed by atoms with van der Waals surface area (Å²) < 4.78 is 2.47. The molecule has 0 aliphatic rings. The lowest BCUT2D eigenvalue weighted by molar-refractivity contribution is 1.16. The maximum atomic E-state index is 5.27. The van der Waals surface area contributed by atoms with Gasteiger partial charge in [-0.3, -0.25) is 0 Å². The van der Waals surface area contributed by atoms with E-state index in [1.807, 2.05) is 0 Å². The molecule has 0 aliphatic heterocycles. The molecule has 0 N–H and O–H groups in total. The zero-order valence-corrected chi connectivity index (χ0v) is 33.1. The van der Waals surface area contributed by atoms with Crippen molar-refractivity contribution in [2.75, 3.05) is 0 Å². The van der Waals surface area contributed by atoms with Gasteiger partial charge in [-0.2, -0.15) is 0 Å². The number of aryl methyl sites for hydroxylation is 1. The van der Waals surface area contributed by atoms with Crippen LogP contribution in [0, 0.1) is 6.92 Å². The molecular weight excluding hydrogens is 725 g/mol. The molecule has 2 aromatic heterocycles. The molecule has 10 aromatic carbocycles. The van der Waals surface area contributed by atoms with E-state index in [9.17, 15) is 0 Å². The van der Waals surface area contributed by atoms with Crippen molar-refractivity contribution in [2.24, 2.45) is 0 Å². The SMILES string of the molecule is Cc1ccc(-c2ccc3c(c2)c2ccccc2c2cc4c(cc32)c2cc(-c3ccc5ccccc5c3)ccc2n4-c2cc(-c3ccccc3)nc(-c3ccccc3)c2)cc1. The molecule has 0 atom stereocenters. The number of nitrogens with zero attached hydrogens (tertiary/aromatic N) is 2. The molecule has 12 aromatic rings. The molecule has 2 heteroatoms. The monoisotopic (exact) mass is 762 g/mol. The Morgan fingerprint density at radius 2 is 0.800 bits per heavy atom. The quantitative estimate of drug-likeness (QED) is 0.160. The summed E-state index contributed by atoms with van der Waals surface area (Å²) in [4.78, 5) is 5.27. The van der Waals surface area contributed by atoms with E-state index in [0.717, 1.165) is 39.2 Å². The summed E-state index contributed by atoms with van der Waals surface area (Å²) in [5.41, 5.74) is 13.6. The van der Waals surface area contributed by atoms with Crippen molar-refractivity contribution < 1.29 is 0 Å². The van der Waals surface area contributed by atoms with Crippen LogP contribution in [-0.4, -0.2) is 9.55 Å². The van der Waals surface area contributed by atoms with Crippen molar-refractivity contribution in [3.05, 3.63) is 218 Å². The smallest absolute Gasteiger partial charge is 0.0730 e. The predicted molar refractivity (Wildman–Crippen MR) is 255 cm³/mol. The third-order valence-corrected chi connectivity index (χ3v) is 12.4. The first-order valence-corrected chi connectivity index (χ1v) is 20.7. The van der Waals surface area contributed by atoms with Gasteiger partial charge in [0.25, 0.3) is 0 Å². The minimum atomic E-state index is 0.941. The average molecular weight is 763 g/mol. The van der Waals surface area contributed by atoms with Gasteiger partial charge in [-0.15, -0.1) is 0 Å². The molecule has 0 fully saturated rings. The van der Waals surface area contributed by atoms with E-state index in [0.29, 0.717) is 0 Å².